The molecule has 0 aromatic rings. The zero-order valence-corrected chi connectivity index (χ0v) is 22.3. The molecule has 0 heterocycles. The van der Waals surface area contributed by atoms with E-state index in [2.05, 4.69) is 87.3 Å². The van der Waals surface area contributed by atoms with Crippen molar-refractivity contribution in [2.24, 2.45) is 5.73 Å². The van der Waals surface area contributed by atoms with Crippen molar-refractivity contribution in [1.29, 1.82) is 0 Å². The lowest BCUT2D eigenvalue weighted by Gasteiger charge is -2.63. The van der Waals surface area contributed by atoms with Crippen molar-refractivity contribution < 1.29 is 0 Å². The van der Waals surface area contributed by atoms with E-state index >= 15 is 0 Å². The maximum absolute atomic E-state index is 5.90. The highest BCUT2D eigenvalue weighted by atomic mass is 28.4. The Morgan fingerprint density at radius 3 is 1.00 bits per heavy atom. The molecule has 0 rings (SSSR count). The predicted molar refractivity (Wildman–Crippen MR) is 127 cm³/mol. The molecule has 0 aliphatic carbocycles. The molecule has 0 unspecified atom stereocenters. The smallest absolute Gasteiger partial charge is 0.129 e. The summed E-state index contributed by atoms with van der Waals surface area (Å²) in [4.78, 5) is 0. The Hall–Kier alpha value is 0.354. The van der Waals surface area contributed by atoms with E-state index < -0.39 is 16.5 Å². The van der Waals surface area contributed by atoms with Crippen molar-refractivity contribution in [3.05, 3.63) is 0 Å². The molecular formula is C22H52N2Si2. The van der Waals surface area contributed by atoms with Gasteiger partial charge in [-0.2, -0.15) is 0 Å². The minimum Gasteiger partial charge on any atom is -0.344 e. The summed E-state index contributed by atoms with van der Waals surface area (Å²) in [6.07, 6.45) is 2.42. The molecule has 0 aliphatic rings. The first-order valence-corrected chi connectivity index (χ1v) is 15.7. The van der Waals surface area contributed by atoms with E-state index in [1.165, 1.54) is 13.0 Å². The molecule has 0 spiro atoms. The van der Waals surface area contributed by atoms with Gasteiger partial charge in [0.1, 0.15) is 16.5 Å². The fourth-order valence-corrected chi connectivity index (χ4v) is 27.2. The first-order valence-electron chi connectivity index (χ1n) is 11.3. The van der Waals surface area contributed by atoms with Crippen molar-refractivity contribution in [3.8, 4) is 0 Å². The summed E-state index contributed by atoms with van der Waals surface area (Å²) in [5, 5.41) is 0. The van der Waals surface area contributed by atoms with Gasteiger partial charge in [0.2, 0.25) is 0 Å². The van der Waals surface area contributed by atoms with Crippen molar-refractivity contribution >= 4 is 16.5 Å². The molecule has 0 amide bonds. The quantitative estimate of drug-likeness (QED) is 0.273. The minimum atomic E-state index is -1.68. The maximum atomic E-state index is 5.90. The number of hydrogen-bond donors (Lipinski definition) is 1. The fraction of sp³-hybridized carbons (Fsp3) is 1.00. The van der Waals surface area contributed by atoms with Crippen LogP contribution < -0.4 is 5.73 Å². The van der Waals surface area contributed by atoms with Crippen LogP contribution in [-0.4, -0.2) is 33.8 Å². The Balaban J connectivity index is 6.75. The summed E-state index contributed by atoms with van der Waals surface area (Å²) in [6.45, 7) is 32.5. The van der Waals surface area contributed by atoms with Gasteiger partial charge in [-0.3, -0.25) is 0 Å². The van der Waals surface area contributed by atoms with Gasteiger partial charge in [0.05, 0.1) is 0 Å². The largest absolute Gasteiger partial charge is 0.344 e. The second-order valence-electron chi connectivity index (χ2n) is 10.4. The van der Waals surface area contributed by atoms with Crippen LogP contribution in [-0.2, 0) is 0 Å². The lowest BCUT2D eigenvalue weighted by atomic mass is 10.3. The van der Waals surface area contributed by atoms with Crippen LogP contribution in [0, 0.1) is 0 Å². The predicted octanol–water partition coefficient (Wildman–Crippen LogP) is 7.38. The molecule has 2 N–H and O–H groups in total. The SMILES string of the molecule is CC(C)[Si](C(C)C)(C(C)C)N(CCCCN)[Si](C(C)C)(C(C)C)C(C)C. The Bertz CT molecular complexity index is 314. The first kappa shape index (κ1) is 26.4. The molecule has 0 aliphatic heterocycles. The molecular weight excluding hydrogens is 348 g/mol. The monoisotopic (exact) mass is 400 g/mol. The number of nitrogens with zero attached hydrogens (tertiary/aromatic N) is 1. The summed E-state index contributed by atoms with van der Waals surface area (Å²) >= 11 is 0. The average molecular weight is 401 g/mol. The van der Waals surface area contributed by atoms with Gasteiger partial charge in [-0.25, -0.2) is 0 Å². The van der Waals surface area contributed by atoms with E-state index in [1.54, 1.807) is 0 Å². The number of hydrogen-bond acceptors (Lipinski definition) is 2. The molecule has 4 heteroatoms. The Kier molecular flexibility index (Phi) is 10.9. The summed E-state index contributed by atoms with van der Waals surface area (Å²) in [6, 6.07) is 0. The van der Waals surface area contributed by atoms with Crippen LogP contribution in [0.1, 0.15) is 95.9 Å². The molecule has 0 radical (unpaired) electrons. The Labute approximate surface area is 168 Å². The zero-order valence-electron chi connectivity index (χ0n) is 20.3. The lowest BCUT2D eigenvalue weighted by molar-refractivity contribution is 0.479. The molecule has 0 aromatic heterocycles. The van der Waals surface area contributed by atoms with Crippen LogP contribution in [0.4, 0.5) is 0 Å². The van der Waals surface area contributed by atoms with E-state index in [0.717, 1.165) is 46.2 Å². The van der Waals surface area contributed by atoms with Gasteiger partial charge in [-0.05, 0) is 59.2 Å². The number of nitrogens with two attached hydrogens (primary N) is 1. The Morgan fingerprint density at radius 1 is 0.538 bits per heavy atom. The molecule has 0 saturated heterocycles. The third-order valence-electron chi connectivity index (χ3n) is 7.32. The highest BCUT2D eigenvalue weighted by molar-refractivity contribution is 6.96. The van der Waals surface area contributed by atoms with E-state index in [-0.39, 0.29) is 0 Å². The second kappa shape index (κ2) is 10.8. The van der Waals surface area contributed by atoms with Crippen LogP contribution in [0.25, 0.3) is 0 Å². The minimum absolute atomic E-state index is 0.781. The maximum Gasteiger partial charge on any atom is 0.129 e. The highest BCUT2D eigenvalue weighted by Gasteiger charge is 2.58. The second-order valence-corrected chi connectivity index (χ2v) is 22.4. The summed E-state index contributed by atoms with van der Waals surface area (Å²) in [5.74, 6) is 0. The standard InChI is InChI=1S/C22H52N2Si2/c1-17(2)25(18(3)4,19(5)6)24(16-14-13-15-23)26(20(7)8,21(9)10)22(11)12/h17-22H,13-16,23H2,1-12H3. The van der Waals surface area contributed by atoms with Crippen LogP contribution in [0.5, 0.6) is 0 Å². The average Bonchev–Trinajstić information content (AvgIpc) is 2.45. The summed E-state index contributed by atoms with van der Waals surface area (Å²) < 4.78 is 3.27. The fourth-order valence-electron chi connectivity index (χ4n) is 7.01. The molecule has 0 fully saturated rings. The van der Waals surface area contributed by atoms with Gasteiger partial charge in [-0.1, -0.05) is 83.1 Å². The van der Waals surface area contributed by atoms with Crippen LogP contribution >= 0.6 is 0 Å². The van der Waals surface area contributed by atoms with Crippen LogP contribution in [0.2, 0.25) is 33.2 Å². The molecule has 0 atom stereocenters. The van der Waals surface area contributed by atoms with Crippen LogP contribution in [0.15, 0.2) is 0 Å². The highest BCUT2D eigenvalue weighted by Crippen LogP contribution is 2.53. The van der Waals surface area contributed by atoms with Crippen molar-refractivity contribution in [2.75, 3.05) is 13.1 Å². The van der Waals surface area contributed by atoms with E-state index in [1.807, 2.05) is 0 Å². The van der Waals surface area contributed by atoms with Gasteiger partial charge in [0.25, 0.3) is 0 Å². The number of rotatable bonds is 12. The van der Waals surface area contributed by atoms with Gasteiger partial charge in [0, 0.05) is 0 Å². The third kappa shape index (κ3) is 4.67. The van der Waals surface area contributed by atoms with Crippen molar-refractivity contribution in [1.82, 2.24) is 4.23 Å². The van der Waals surface area contributed by atoms with Gasteiger partial charge >= 0.3 is 0 Å². The number of unbranched alkanes of at least 4 members (excludes halogenated alkanes) is 1. The van der Waals surface area contributed by atoms with E-state index in [4.69, 9.17) is 5.73 Å². The first-order chi connectivity index (χ1) is 11.9. The molecule has 0 bridgehead atoms. The third-order valence-corrected chi connectivity index (χ3v) is 23.1. The topological polar surface area (TPSA) is 29.3 Å². The normalized spacial score (nSPS) is 14.3. The molecule has 158 valence electrons. The lowest BCUT2D eigenvalue weighted by Crippen LogP contribution is -2.74. The van der Waals surface area contributed by atoms with Crippen molar-refractivity contribution in [3.63, 3.8) is 0 Å². The summed E-state index contributed by atoms with van der Waals surface area (Å²) in [5.41, 5.74) is 10.6. The molecule has 0 saturated carbocycles. The van der Waals surface area contributed by atoms with Crippen molar-refractivity contribution in [2.45, 2.75) is 129 Å². The van der Waals surface area contributed by atoms with E-state index in [9.17, 15) is 0 Å². The Morgan fingerprint density at radius 2 is 0.808 bits per heavy atom. The summed E-state index contributed by atoms with van der Waals surface area (Å²) in [7, 11) is -3.35. The molecule has 2 nitrogen and oxygen atoms in total. The molecule has 0 aromatic carbocycles. The zero-order chi connectivity index (χ0) is 20.9. The van der Waals surface area contributed by atoms with Gasteiger partial charge < -0.3 is 9.96 Å². The van der Waals surface area contributed by atoms with Crippen LogP contribution in [0.3, 0.4) is 0 Å². The van der Waals surface area contributed by atoms with Gasteiger partial charge in [0.15, 0.2) is 0 Å². The molecule has 26 heavy (non-hydrogen) atoms. The van der Waals surface area contributed by atoms with Gasteiger partial charge in [-0.15, -0.1) is 0 Å². The van der Waals surface area contributed by atoms with E-state index in [0.29, 0.717) is 0 Å².